The van der Waals surface area contributed by atoms with Crippen LogP contribution in [0.25, 0.3) is 0 Å². The Morgan fingerprint density at radius 2 is 1.68 bits per heavy atom. The number of ketones is 1. The lowest BCUT2D eigenvalue weighted by molar-refractivity contribution is -0.117. The van der Waals surface area contributed by atoms with E-state index in [4.69, 9.17) is 0 Å². The molecule has 0 unspecified atom stereocenters. The van der Waals surface area contributed by atoms with Crippen molar-refractivity contribution in [3.05, 3.63) is 107 Å². The maximum atomic E-state index is 13.7. The second-order valence-electron chi connectivity index (χ2n) is 8.64. The summed E-state index contributed by atoms with van der Waals surface area (Å²) < 4.78 is 13.5. The van der Waals surface area contributed by atoms with Crippen LogP contribution >= 0.6 is 0 Å². The molecule has 5 nitrogen and oxygen atoms in total. The highest BCUT2D eigenvalue weighted by Gasteiger charge is 2.40. The van der Waals surface area contributed by atoms with Crippen molar-refractivity contribution >= 4 is 23.1 Å². The number of fused-ring (bicyclic) bond motifs is 1. The molecule has 5 rings (SSSR count). The van der Waals surface area contributed by atoms with Gasteiger partial charge in [-0.3, -0.25) is 14.5 Å². The number of rotatable bonds is 2. The van der Waals surface area contributed by atoms with Gasteiger partial charge in [0, 0.05) is 24.6 Å². The summed E-state index contributed by atoms with van der Waals surface area (Å²) in [6.45, 7) is 1.49. The number of nitrogens with zero attached hydrogens (tertiary/aromatic N) is 2. The van der Waals surface area contributed by atoms with Crippen LogP contribution in [0.5, 0.6) is 0 Å². The summed E-state index contributed by atoms with van der Waals surface area (Å²) in [4.78, 5) is 28.3. The van der Waals surface area contributed by atoms with Gasteiger partial charge in [0.25, 0.3) is 0 Å². The quantitative estimate of drug-likeness (QED) is 0.549. The van der Waals surface area contributed by atoms with Gasteiger partial charge >= 0.3 is 0 Å². The first-order valence-corrected chi connectivity index (χ1v) is 11.1. The molecule has 1 heterocycles. The first kappa shape index (κ1) is 21.6. The lowest BCUT2D eigenvalue weighted by atomic mass is 9.78. The van der Waals surface area contributed by atoms with Crippen LogP contribution in [0.15, 0.2) is 84.1 Å². The van der Waals surface area contributed by atoms with Gasteiger partial charge in [-0.25, -0.2) is 4.39 Å². The molecule has 1 aliphatic carbocycles. The van der Waals surface area contributed by atoms with Crippen molar-refractivity contribution < 1.29 is 14.0 Å². The van der Waals surface area contributed by atoms with Crippen molar-refractivity contribution in [3.8, 4) is 6.07 Å². The van der Waals surface area contributed by atoms with Crippen LogP contribution in [-0.4, -0.2) is 11.7 Å². The molecule has 0 radical (unpaired) electrons. The third-order valence-corrected chi connectivity index (χ3v) is 6.52. The molecule has 0 saturated carbocycles. The summed E-state index contributed by atoms with van der Waals surface area (Å²) in [5.41, 5.74) is 4.91. The highest BCUT2D eigenvalue weighted by atomic mass is 19.1. The molecule has 168 valence electrons. The van der Waals surface area contributed by atoms with Gasteiger partial charge in [0.2, 0.25) is 5.91 Å². The maximum Gasteiger partial charge on any atom is 0.224 e. The molecule has 2 atom stereocenters. The van der Waals surface area contributed by atoms with Crippen LogP contribution in [0.3, 0.4) is 0 Å². The van der Waals surface area contributed by atoms with E-state index in [2.05, 4.69) is 11.4 Å². The predicted molar refractivity (Wildman–Crippen MR) is 128 cm³/mol. The number of hydrogen-bond donors (Lipinski definition) is 1. The highest BCUT2D eigenvalue weighted by Crippen LogP contribution is 2.47. The molecular formula is C28H22FN3O2. The summed E-state index contributed by atoms with van der Waals surface area (Å²) in [6, 6.07) is 22.3. The number of Topliss-reactive ketones (excluding diaryl/α,β-unsaturated/α-hetero) is 1. The van der Waals surface area contributed by atoms with E-state index in [0.717, 1.165) is 22.5 Å². The second-order valence-corrected chi connectivity index (χ2v) is 8.64. The molecule has 0 fully saturated rings. The fourth-order valence-corrected chi connectivity index (χ4v) is 4.96. The monoisotopic (exact) mass is 451 g/mol. The number of benzene rings is 3. The lowest BCUT2D eigenvalue weighted by Crippen LogP contribution is -2.37. The molecular weight excluding hydrogens is 429 g/mol. The lowest BCUT2D eigenvalue weighted by Gasteiger charge is -2.34. The average Bonchev–Trinajstić information content (AvgIpc) is 2.99. The third-order valence-electron chi connectivity index (χ3n) is 6.52. The van der Waals surface area contributed by atoms with Gasteiger partial charge < -0.3 is 5.32 Å². The number of nitrogens with one attached hydrogen (secondary N) is 1. The number of anilines is 2. The van der Waals surface area contributed by atoms with Crippen LogP contribution in [-0.2, 0) is 9.59 Å². The topological polar surface area (TPSA) is 73.2 Å². The molecule has 34 heavy (non-hydrogen) atoms. The van der Waals surface area contributed by atoms with Gasteiger partial charge in [-0.1, -0.05) is 36.4 Å². The zero-order chi connectivity index (χ0) is 23.8. The van der Waals surface area contributed by atoms with Crippen LogP contribution in [0.2, 0.25) is 0 Å². The van der Waals surface area contributed by atoms with Gasteiger partial charge in [0.05, 0.1) is 29.0 Å². The largest absolute Gasteiger partial charge is 0.357 e. The molecule has 0 spiro atoms. The van der Waals surface area contributed by atoms with Crippen molar-refractivity contribution in [2.45, 2.75) is 31.7 Å². The number of para-hydroxylation sites is 2. The first-order chi connectivity index (χ1) is 16.5. The van der Waals surface area contributed by atoms with Gasteiger partial charge in [-0.2, -0.15) is 5.26 Å². The van der Waals surface area contributed by atoms with Crippen molar-refractivity contribution in [2.75, 3.05) is 10.2 Å². The van der Waals surface area contributed by atoms with Crippen LogP contribution in [0.4, 0.5) is 15.8 Å². The van der Waals surface area contributed by atoms with E-state index in [1.165, 1.54) is 19.1 Å². The maximum absolute atomic E-state index is 13.7. The third kappa shape index (κ3) is 3.75. The molecule has 3 aromatic rings. The fourth-order valence-electron chi connectivity index (χ4n) is 4.96. The second kappa shape index (κ2) is 8.60. The Labute approximate surface area is 197 Å². The SMILES string of the molecule is CC(=O)N1c2ccccc2NC2=C(C(=O)C[C@H](c3ccc(F)cc3)C2)[C@@H]1c1ccc(C#N)cc1. The summed E-state index contributed by atoms with van der Waals surface area (Å²) in [7, 11) is 0. The smallest absolute Gasteiger partial charge is 0.224 e. The predicted octanol–water partition coefficient (Wildman–Crippen LogP) is 5.62. The summed E-state index contributed by atoms with van der Waals surface area (Å²) in [5, 5.41) is 12.7. The van der Waals surface area contributed by atoms with Crippen molar-refractivity contribution in [1.82, 2.24) is 0 Å². The molecule has 3 aromatic carbocycles. The van der Waals surface area contributed by atoms with Crippen molar-refractivity contribution in [2.24, 2.45) is 0 Å². The number of hydrogen-bond acceptors (Lipinski definition) is 4. The molecule has 0 saturated heterocycles. The minimum Gasteiger partial charge on any atom is -0.357 e. The standard InChI is InChI=1S/C28H22FN3O2/c1-17(33)32-25-5-3-2-4-23(25)31-24-14-21(19-10-12-22(29)13-11-19)15-26(34)27(24)28(32)20-8-6-18(16-30)7-9-20/h2-13,21,28,31H,14-15H2,1H3/t21-,28+/m1/s1. The van der Waals surface area contributed by atoms with Crippen LogP contribution in [0, 0.1) is 17.1 Å². The summed E-state index contributed by atoms with van der Waals surface area (Å²) in [6.07, 6.45) is 0.820. The molecule has 0 aromatic heterocycles. The number of carbonyl (C=O) groups excluding carboxylic acids is 2. The fraction of sp³-hybridized carbons (Fsp3) is 0.179. The zero-order valence-electron chi connectivity index (χ0n) is 18.6. The normalized spacial score (nSPS) is 19.4. The van der Waals surface area contributed by atoms with Crippen LogP contribution < -0.4 is 10.2 Å². The van der Waals surface area contributed by atoms with Crippen molar-refractivity contribution in [1.29, 1.82) is 5.26 Å². The molecule has 2 aliphatic rings. The van der Waals surface area contributed by atoms with Gasteiger partial charge in [0.15, 0.2) is 5.78 Å². The van der Waals surface area contributed by atoms with E-state index in [9.17, 15) is 19.2 Å². The van der Waals surface area contributed by atoms with E-state index in [1.54, 1.807) is 41.3 Å². The number of allylic oxidation sites excluding steroid dienone is 1. The van der Waals surface area contributed by atoms with E-state index >= 15 is 0 Å². The Morgan fingerprint density at radius 3 is 2.35 bits per heavy atom. The molecule has 0 bridgehead atoms. The van der Waals surface area contributed by atoms with Gasteiger partial charge in [-0.15, -0.1) is 0 Å². The number of nitriles is 1. The summed E-state index contributed by atoms with van der Waals surface area (Å²) >= 11 is 0. The Bertz CT molecular complexity index is 1350. The average molecular weight is 452 g/mol. The molecule has 6 heteroatoms. The molecule has 1 aliphatic heterocycles. The molecule has 1 amide bonds. The zero-order valence-corrected chi connectivity index (χ0v) is 18.6. The Kier molecular flexibility index (Phi) is 5.46. The van der Waals surface area contributed by atoms with E-state index in [1.807, 2.05) is 24.3 Å². The number of carbonyl (C=O) groups is 2. The number of halogens is 1. The Morgan fingerprint density at radius 1 is 1.00 bits per heavy atom. The summed E-state index contributed by atoms with van der Waals surface area (Å²) in [5.74, 6) is -0.662. The minimum atomic E-state index is -0.627. The Hall–Kier alpha value is -4.24. The van der Waals surface area contributed by atoms with Crippen LogP contribution in [0.1, 0.15) is 48.4 Å². The van der Waals surface area contributed by atoms with Crippen molar-refractivity contribution in [3.63, 3.8) is 0 Å². The first-order valence-electron chi connectivity index (χ1n) is 11.1. The Balaban J connectivity index is 1.69. The van der Waals surface area contributed by atoms with E-state index in [0.29, 0.717) is 23.2 Å². The minimum absolute atomic E-state index is 0.0588. The van der Waals surface area contributed by atoms with Gasteiger partial charge in [-0.05, 0) is 59.9 Å². The van der Waals surface area contributed by atoms with E-state index in [-0.39, 0.29) is 29.8 Å². The molecule has 1 N–H and O–H groups in total. The number of amides is 1. The van der Waals surface area contributed by atoms with Gasteiger partial charge in [0.1, 0.15) is 5.82 Å². The van der Waals surface area contributed by atoms with E-state index < -0.39 is 6.04 Å². The highest BCUT2D eigenvalue weighted by molar-refractivity contribution is 6.06.